The monoisotopic (exact) mass is 316 g/mol. The van der Waals surface area contributed by atoms with Gasteiger partial charge < -0.3 is 15.5 Å². The van der Waals surface area contributed by atoms with Crippen LogP contribution in [0.2, 0.25) is 0 Å². The Bertz CT molecular complexity index is 541. The van der Waals surface area contributed by atoms with E-state index in [-0.39, 0.29) is 24.1 Å². The number of hydrogen-bond donors (Lipinski definition) is 3. The predicted molar refractivity (Wildman–Crippen MR) is 86.8 cm³/mol. The number of hydroxylamine groups is 1. The van der Waals surface area contributed by atoms with Crippen LogP contribution in [0.25, 0.3) is 0 Å². The summed E-state index contributed by atoms with van der Waals surface area (Å²) in [6.07, 6.45) is 0.799. The highest BCUT2D eigenvalue weighted by molar-refractivity contribution is 5.83. The lowest BCUT2D eigenvalue weighted by Gasteiger charge is -2.40. The summed E-state index contributed by atoms with van der Waals surface area (Å²) in [7, 11) is 0. The molecule has 6 heteroatoms. The molecule has 0 radical (unpaired) electrons. The Morgan fingerprint density at radius 3 is 2.74 bits per heavy atom. The fraction of sp³-hybridized carbons (Fsp3) is 0.588. The summed E-state index contributed by atoms with van der Waals surface area (Å²) >= 11 is 0. The first kappa shape index (κ1) is 15.1. The Labute approximate surface area is 136 Å². The van der Waals surface area contributed by atoms with Crippen molar-refractivity contribution < 1.29 is 9.63 Å². The van der Waals surface area contributed by atoms with E-state index >= 15 is 0 Å². The van der Waals surface area contributed by atoms with Gasteiger partial charge in [-0.25, -0.2) is 0 Å². The van der Waals surface area contributed by atoms with Crippen LogP contribution in [0.5, 0.6) is 0 Å². The number of nitrogens with zero attached hydrogens (tertiary/aromatic N) is 1. The molecule has 3 aliphatic rings. The second-order valence-corrected chi connectivity index (χ2v) is 6.68. The molecule has 23 heavy (non-hydrogen) atoms. The van der Waals surface area contributed by atoms with Crippen LogP contribution in [0.15, 0.2) is 30.3 Å². The van der Waals surface area contributed by atoms with Crippen molar-refractivity contribution >= 4 is 5.91 Å². The number of amides is 1. The van der Waals surface area contributed by atoms with Crippen molar-refractivity contribution in [1.29, 1.82) is 0 Å². The number of rotatable bonds is 3. The minimum Gasteiger partial charge on any atom is -0.340 e. The van der Waals surface area contributed by atoms with E-state index in [0.717, 1.165) is 39.1 Å². The molecule has 0 aliphatic carbocycles. The van der Waals surface area contributed by atoms with Gasteiger partial charge in [-0.05, 0) is 5.56 Å². The molecule has 124 valence electrons. The van der Waals surface area contributed by atoms with Gasteiger partial charge in [0.25, 0.3) is 0 Å². The van der Waals surface area contributed by atoms with Gasteiger partial charge in [0, 0.05) is 51.1 Å². The van der Waals surface area contributed by atoms with Crippen molar-refractivity contribution in [3.05, 3.63) is 35.9 Å². The molecule has 0 saturated carbocycles. The van der Waals surface area contributed by atoms with Gasteiger partial charge in [-0.15, -0.1) is 0 Å². The van der Waals surface area contributed by atoms with Gasteiger partial charge in [-0.3, -0.25) is 9.63 Å². The Morgan fingerprint density at radius 1 is 1.17 bits per heavy atom. The average Bonchev–Trinajstić information content (AvgIpc) is 3.05. The zero-order valence-electron chi connectivity index (χ0n) is 13.2. The zero-order valence-corrected chi connectivity index (χ0v) is 13.2. The third-order valence-corrected chi connectivity index (χ3v) is 5.11. The first-order chi connectivity index (χ1) is 11.3. The minimum atomic E-state index is -0.208. The van der Waals surface area contributed by atoms with Crippen molar-refractivity contribution in [3.8, 4) is 0 Å². The normalized spacial score (nSPS) is 31.8. The molecule has 3 atom stereocenters. The SMILES string of the molecule is O=C(C1CC(C2CNCCN2)ON1)N1CC(c2ccccc2)C1. The molecular formula is C17H24N4O2. The van der Waals surface area contributed by atoms with Crippen LogP contribution in [0.4, 0.5) is 0 Å². The first-order valence-corrected chi connectivity index (χ1v) is 8.50. The van der Waals surface area contributed by atoms with Crippen LogP contribution >= 0.6 is 0 Å². The van der Waals surface area contributed by atoms with Crippen LogP contribution in [0.1, 0.15) is 17.9 Å². The smallest absolute Gasteiger partial charge is 0.242 e. The van der Waals surface area contributed by atoms with Crippen LogP contribution < -0.4 is 16.1 Å². The van der Waals surface area contributed by atoms with E-state index in [9.17, 15) is 4.79 Å². The van der Waals surface area contributed by atoms with Crippen molar-refractivity contribution in [3.63, 3.8) is 0 Å². The Kier molecular flexibility index (Phi) is 4.31. The molecule has 6 nitrogen and oxygen atoms in total. The second kappa shape index (κ2) is 6.57. The molecule has 3 fully saturated rings. The van der Waals surface area contributed by atoms with Crippen LogP contribution in [-0.4, -0.2) is 61.7 Å². The third kappa shape index (κ3) is 3.12. The van der Waals surface area contributed by atoms with Crippen molar-refractivity contribution in [2.45, 2.75) is 30.5 Å². The highest BCUT2D eigenvalue weighted by atomic mass is 16.7. The van der Waals surface area contributed by atoms with Crippen LogP contribution in [0, 0.1) is 0 Å². The summed E-state index contributed by atoms with van der Waals surface area (Å²) in [6, 6.07) is 10.5. The number of carbonyl (C=O) groups is 1. The molecule has 3 saturated heterocycles. The molecule has 3 unspecified atom stereocenters. The standard InChI is InChI=1S/C17H24N4O2/c22-17(21-10-13(11-21)12-4-2-1-3-5-12)14-8-16(23-20-14)15-9-18-6-7-19-15/h1-5,13-16,18-20H,6-11H2. The van der Waals surface area contributed by atoms with Gasteiger partial charge in [-0.1, -0.05) is 30.3 Å². The molecule has 0 spiro atoms. The molecule has 3 N–H and O–H groups in total. The van der Waals surface area contributed by atoms with Gasteiger partial charge in [0.2, 0.25) is 5.91 Å². The third-order valence-electron chi connectivity index (χ3n) is 5.11. The maximum Gasteiger partial charge on any atom is 0.242 e. The molecule has 0 aromatic heterocycles. The number of nitrogens with one attached hydrogen (secondary N) is 3. The summed E-state index contributed by atoms with van der Waals surface area (Å²) in [5, 5.41) is 6.81. The van der Waals surface area contributed by atoms with Gasteiger partial charge in [0.1, 0.15) is 6.04 Å². The molecule has 1 amide bonds. The van der Waals surface area contributed by atoms with Crippen molar-refractivity contribution in [2.75, 3.05) is 32.7 Å². The predicted octanol–water partition coefficient (Wildman–Crippen LogP) is -0.164. The fourth-order valence-corrected chi connectivity index (χ4v) is 3.65. The van der Waals surface area contributed by atoms with E-state index in [4.69, 9.17) is 4.84 Å². The lowest BCUT2D eigenvalue weighted by Crippen LogP contribution is -2.54. The molecule has 1 aromatic carbocycles. The summed E-state index contributed by atoms with van der Waals surface area (Å²) in [5.74, 6) is 0.644. The summed E-state index contributed by atoms with van der Waals surface area (Å²) in [6.45, 7) is 4.47. The minimum absolute atomic E-state index is 0.0583. The van der Waals surface area contributed by atoms with E-state index in [2.05, 4.69) is 40.4 Å². The van der Waals surface area contributed by atoms with Gasteiger partial charge in [0.15, 0.2) is 0 Å². The maximum absolute atomic E-state index is 12.6. The van der Waals surface area contributed by atoms with Crippen molar-refractivity contribution in [1.82, 2.24) is 21.0 Å². The van der Waals surface area contributed by atoms with Gasteiger partial charge >= 0.3 is 0 Å². The number of likely N-dealkylation sites (tertiary alicyclic amines) is 1. The maximum atomic E-state index is 12.6. The highest BCUT2D eigenvalue weighted by Gasteiger charge is 2.41. The number of piperazine rings is 1. The summed E-state index contributed by atoms with van der Waals surface area (Å²) < 4.78 is 0. The number of benzene rings is 1. The number of hydrogen-bond acceptors (Lipinski definition) is 5. The van der Waals surface area contributed by atoms with Crippen molar-refractivity contribution in [2.24, 2.45) is 0 Å². The fourth-order valence-electron chi connectivity index (χ4n) is 3.65. The van der Waals surface area contributed by atoms with E-state index in [1.54, 1.807) is 0 Å². The first-order valence-electron chi connectivity index (χ1n) is 8.50. The largest absolute Gasteiger partial charge is 0.340 e. The summed E-state index contributed by atoms with van der Waals surface area (Å²) in [4.78, 5) is 20.2. The number of carbonyl (C=O) groups excluding carboxylic acids is 1. The summed E-state index contributed by atoms with van der Waals surface area (Å²) in [5.41, 5.74) is 4.27. The Hall–Kier alpha value is -1.47. The lowest BCUT2D eigenvalue weighted by atomic mass is 9.90. The zero-order chi connectivity index (χ0) is 15.6. The molecular weight excluding hydrogens is 292 g/mol. The second-order valence-electron chi connectivity index (χ2n) is 6.68. The Morgan fingerprint density at radius 2 is 2.00 bits per heavy atom. The van der Waals surface area contributed by atoms with Gasteiger partial charge in [0.05, 0.1) is 6.10 Å². The van der Waals surface area contributed by atoms with E-state index in [1.165, 1.54) is 5.56 Å². The van der Waals surface area contributed by atoms with E-state index in [0.29, 0.717) is 5.92 Å². The molecule has 1 aromatic rings. The lowest BCUT2D eigenvalue weighted by molar-refractivity contribution is -0.139. The molecule has 4 rings (SSSR count). The van der Waals surface area contributed by atoms with Gasteiger partial charge in [-0.2, -0.15) is 5.48 Å². The molecule has 0 bridgehead atoms. The van der Waals surface area contributed by atoms with Crippen LogP contribution in [0.3, 0.4) is 0 Å². The van der Waals surface area contributed by atoms with E-state index in [1.807, 2.05) is 11.0 Å². The average molecular weight is 316 g/mol. The highest BCUT2D eigenvalue weighted by Crippen LogP contribution is 2.28. The molecule has 3 heterocycles. The molecule has 3 aliphatic heterocycles. The topological polar surface area (TPSA) is 65.6 Å². The van der Waals surface area contributed by atoms with E-state index < -0.39 is 0 Å². The quantitative estimate of drug-likeness (QED) is 0.723. The van der Waals surface area contributed by atoms with Crippen LogP contribution in [-0.2, 0) is 9.63 Å². The Balaban J connectivity index is 1.28.